The minimum atomic E-state index is -0.272. The first-order valence-electron chi connectivity index (χ1n) is 6.30. The van der Waals surface area contributed by atoms with Crippen LogP contribution in [-0.2, 0) is 16.0 Å². The van der Waals surface area contributed by atoms with Gasteiger partial charge >= 0.3 is 0 Å². The summed E-state index contributed by atoms with van der Waals surface area (Å²) in [6, 6.07) is 10.4. The SMILES string of the molecule is O=C1[C@@H](Cc2ccccc2)OC[C@@H]2CCCN12. The second-order valence-corrected chi connectivity index (χ2v) is 4.84. The van der Waals surface area contributed by atoms with Crippen LogP contribution in [0.5, 0.6) is 0 Å². The predicted octanol–water partition coefficient (Wildman–Crippen LogP) is 1.62. The molecule has 0 bridgehead atoms. The molecule has 1 aromatic carbocycles. The van der Waals surface area contributed by atoms with Gasteiger partial charge in [-0.25, -0.2) is 0 Å². The van der Waals surface area contributed by atoms with Crippen LogP contribution in [0.4, 0.5) is 0 Å². The third-order valence-electron chi connectivity index (χ3n) is 3.69. The highest BCUT2D eigenvalue weighted by atomic mass is 16.5. The van der Waals surface area contributed by atoms with Gasteiger partial charge in [0.1, 0.15) is 6.10 Å². The molecule has 3 heteroatoms. The molecular formula is C14H17NO2. The lowest BCUT2D eigenvalue weighted by Gasteiger charge is -2.34. The van der Waals surface area contributed by atoms with Gasteiger partial charge in [-0.2, -0.15) is 0 Å². The van der Waals surface area contributed by atoms with Crippen LogP contribution in [0.3, 0.4) is 0 Å². The number of carbonyl (C=O) groups excluding carboxylic acids is 1. The Morgan fingerprint density at radius 1 is 1.29 bits per heavy atom. The van der Waals surface area contributed by atoms with E-state index in [4.69, 9.17) is 4.74 Å². The number of amides is 1. The highest BCUT2D eigenvalue weighted by molar-refractivity contribution is 5.82. The maximum absolute atomic E-state index is 12.2. The van der Waals surface area contributed by atoms with E-state index in [2.05, 4.69) is 0 Å². The Hall–Kier alpha value is -1.35. The van der Waals surface area contributed by atoms with Gasteiger partial charge in [0.25, 0.3) is 5.91 Å². The number of hydrogen-bond donors (Lipinski definition) is 0. The van der Waals surface area contributed by atoms with Crippen molar-refractivity contribution in [3.63, 3.8) is 0 Å². The van der Waals surface area contributed by atoms with Crippen LogP contribution < -0.4 is 0 Å². The van der Waals surface area contributed by atoms with Gasteiger partial charge in [-0.05, 0) is 18.4 Å². The summed E-state index contributed by atoms with van der Waals surface area (Å²) in [6.07, 6.45) is 2.65. The Bertz CT molecular complexity index is 404. The Morgan fingerprint density at radius 3 is 2.94 bits per heavy atom. The highest BCUT2D eigenvalue weighted by Crippen LogP contribution is 2.25. The van der Waals surface area contributed by atoms with Crippen molar-refractivity contribution in [1.82, 2.24) is 4.90 Å². The number of fused-ring (bicyclic) bond motifs is 1. The number of nitrogens with zero attached hydrogens (tertiary/aromatic N) is 1. The number of benzene rings is 1. The van der Waals surface area contributed by atoms with Crippen LogP contribution in [0.15, 0.2) is 30.3 Å². The largest absolute Gasteiger partial charge is 0.366 e. The van der Waals surface area contributed by atoms with Gasteiger partial charge in [0, 0.05) is 13.0 Å². The van der Waals surface area contributed by atoms with E-state index in [1.165, 1.54) is 5.56 Å². The quantitative estimate of drug-likeness (QED) is 0.774. The van der Waals surface area contributed by atoms with E-state index in [9.17, 15) is 4.79 Å². The fourth-order valence-electron chi connectivity index (χ4n) is 2.76. The van der Waals surface area contributed by atoms with Crippen LogP contribution in [0, 0.1) is 0 Å². The fraction of sp³-hybridized carbons (Fsp3) is 0.500. The molecule has 2 aliphatic heterocycles. The van der Waals surface area contributed by atoms with Gasteiger partial charge in [0.15, 0.2) is 0 Å². The average molecular weight is 231 g/mol. The molecule has 2 aliphatic rings. The molecule has 90 valence electrons. The van der Waals surface area contributed by atoms with Gasteiger partial charge in [0.2, 0.25) is 0 Å². The summed E-state index contributed by atoms with van der Waals surface area (Å²) in [4.78, 5) is 14.2. The second kappa shape index (κ2) is 4.49. The third-order valence-corrected chi connectivity index (χ3v) is 3.69. The average Bonchev–Trinajstić information content (AvgIpc) is 2.83. The summed E-state index contributed by atoms with van der Waals surface area (Å²) in [5, 5.41) is 0. The van der Waals surface area contributed by atoms with Gasteiger partial charge in [-0.15, -0.1) is 0 Å². The summed E-state index contributed by atoms with van der Waals surface area (Å²) in [5.41, 5.74) is 1.17. The zero-order chi connectivity index (χ0) is 11.7. The number of morpholine rings is 1. The monoisotopic (exact) mass is 231 g/mol. The summed E-state index contributed by atoms with van der Waals surface area (Å²) in [5.74, 6) is 0.183. The zero-order valence-corrected chi connectivity index (χ0v) is 9.84. The molecule has 0 N–H and O–H groups in total. The van der Waals surface area contributed by atoms with E-state index in [1.54, 1.807) is 0 Å². The van der Waals surface area contributed by atoms with E-state index in [0.717, 1.165) is 19.4 Å². The minimum absolute atomic E-state index is 0.183. The Balaban J connectivity index is 1.70. The van der Waals surface area contributed by atoms with E-state index in [1.807, 2.05) is 35.2 Å². The fourth-order valence-corrected chi connectivity index (χ4v) is 2.76. The molecule has 17 heavy (non-hydrogen) atoms. The lowest BCUT2D eigenvalue weighted by Crippen LogP contribution is -2.51. The lowest BCUT2D eigenvalue weighted by atomic mass is 10.1. The zero-order valence-electron chi connectivity index (χ0n) is 9.84. The van der Waals surface area contributed by atoms with Crippen molar-refractivity contribution in [2.24, 2.45) is 0 Å². The van der Waals surface area contributed by atoms with Crippen molar-refractivity contribution >= 4 is 5.91 Å². The normalized spacial score (nSPS) is 28.2. The van der Waals surface area contributed by atoms with Crippen LogP contribution in [-0.4, -0.2) is 36.1 Å². The minimum Gasteiger partial charge on any atom is -0.366 e. The van der Waals surface area contributed by atoms with Crippen molar-refractivity contribution in [1.29, 1.82) is 0 Å². The van der Waals surface area contributed by atoms with Crippen molar-refractivity contribution < 1.29 is 9.53 Å². The maximum atomic E-state index is 12.2. The summed E-state index contributed by atoms with van der Waals surface area (Å²) < 4.78 is 5.72. The Labute approximate surface area is 101 Å². The van der Waals surface area contributed by atoms with E-state index >= 15 is 0 Å². The second-order valence-electron chi connectivity index (χ2n) is 4.84. The number of hydrogen-bond acceptors (Lipinski definition) is 2. The molecule has 2 saturated heterocycles. The van der Waals surface area contributed by atoms with Gasteiger partial charge in [-0.1, -0.05) is 30.3 Å². The standard InChI is InChI=1S/C14H17NO2/c16-14-13(9-11-5-2-1-3-6-11)17-10-12-7-4-8-15(12)14/h1-3,5-6,12-13H,4,7-10H2/t12-,13+/m0/s1. The predicted molar refractivity (Wildman–Crippen MR) is 64.6 cm³/mol. The molecule has 0 spiro atoms. The van der Waals surface area contributed by atoms with Crippen LogP contribution >= 0.6 is 0 Å². The molecule has 2 heterocycles. The first-order chi connectivity index (χ1) is 8.34. The molecule has 3 rings (SSSR count). The molecule has 0 unspecified atom stereocenters. The molecule has 0 aliphatic carbocycles. The first kappa shape index (κ1) is 10.8. The van der Waals surface area contributed by atoms with Crippen molar-refractivity contribution in [3.8, 4) is 0 Å². The smallest absolute Gasteiger partial charge is 0.252 e. The Morgan fingerprint density at radius 2 is 2.12 bits per heavy atom. The highest BCUT2D eigenvalue weighted by Gasteiger charge is 2.38. The summed E-state index contributed by atoms with van der Waals surface area (Å²) in [6.45, 7) is 1.63. The Kier molecular flexibility index (Phi) is 2.85. The number of ether oxygens (including phenoxy) is 1. The molecule has 1 aromatic rings. The van der Waals surface area contributed by atoms with E-state index in [0.29, 0.717) is 19.1 Å². The van der Waals surface area contributed by atoms with Crippen molar-refractivity contribution in [2.75, 3.05) is 13.2 Å². The van der Waals surface area contributed by atoms with Gasteiger partial charge in [-0.3, -0.25) is 4.79 Å². The van der Waals surface area contributed by atoms with Crippen LogP contribution in [0.2, 0.25) is 0 Å². The van der Waals surface area contributed by atoms with Crippen molar-refractivity contribution in [3.05, 3.63) is 35.9 Å². The maximum Gasteiger partial charge on any atom is 0.252 e. The third kappa shape index (κ3) is 2.07. The van der Waals surface area contributed by atoms with E-state index in [-0.39, 0.29) is 12.0 Å². The molecule has 0 saturated carbocycles. The van der Waals surface area contributed by atoms with Crippen molar-refractivity contribution in [2.45, 2.75) is 31.4 Å². The molecule has 3 nitrogen and oxygen atoms in total. The number of carbonyl (C=O) groups is 1. The lowest BCUT2D eigenvalue weighted by molar-refractivity contribution is -0.156. The summed E-state index contributed by atoms with van der Waals surface area (Å²) in [7, 11) is 0. The molecule has 0 radical (unpaired) electrons. The molecule has 2 atom stereocenters. The molecule has 0 aromatic heterocycles. The molecule has 1 amide bonds. The molecule has 2 fully saturated rings. The summed E-state index contributed by atoms with van der Waals surface area (Å²) >= 11 is 0. The number of rotatable bonds is 2. The van der Waals surface area contributed by atoms with Crippen LogP contribution in [0.1, 0.15) is 18.4 Å². The van der Waals surface area contributed by atoms with Gasteiger partial charge < -0.3 is 9.64 Å². The van der Waals surface area contributed by atoms with Crippen LogP contribution in [0.25, 0.3) is 0 Å². The first-order valence-corrected chi connectivity index (χ1v) is 6.30. The molecular weight excluding hydrogens is 214 g/mol. The van der Waals surface area contributed by atoms with Gasteiger partial charge in [0.05, 0.1) is 12.6 Å². The van der Waals surface area contributed by atoms with E-state index < -0.39 is 0 Å². The topological polar surface area (TPSA) is 29.5 Å².